The SMILES string of the molecule is CNS(=O)(=O)c1cc(C(=O)OCC(=O)N[C@@H](C)C(C)C)ccc1OC. The number of nitrogens with one attached hydrogen (secondary N) is 2. The van der Waals surface area contributed by atoms with Crippen molar-refractivity contribution in [1.82, 2.24) is 10.0 Å². The van der Waals surface area contributed by atoms with Crippen LogP contribution in [0.4, 0.5) is 0 Å². The van der Waals surface area contributed by atoms with E-state index in [0.717, 1.165) is 6.07 Å². The summed E-state index contributed by atoms with van der Waals surface area (Å²) in [7, 11) is -1.24. The van der Waals surface area contributed by atoms with Crippen molar-refractivity contribution in [2.75, 3.05) is 20.8 Å². The molecule has 2 N–H and O–H groups in total. The molecule has 0 aliphatic heterocycles. The molecule has 0 radical (unpaired) electrons. The van der Waals surface area contributed by atoms with E-state index in [1.165, 1.54) is 26.3 Å². The van der Waals surface area contributed by atoms with Crippen molar-refractivity contribution in [2.45, 2.75) is 31.7 Å². The number of benzene rings is 1. The van der Waals surface area contributed by atoms with Gasteiger partial charge in [0.1, 0.15) is 10.6 Å². The van der Waals surface area contributed by atoms with Crippen LogP contribution in [0.1, 0.15) is 31.1 Å². The fourth-order valence-electron chi connectivity index (χ4n) is 1.80. The molecule has 0 heterocycles. The second-order valence-corrected chi connectivity index (χ2v) is 7.60. The molecule has 1 aromatic carbocycles. The van der Waals surface area contributed by atoms with Gasteiger partial charge in [0, 0.05) is 6.04 Å². The highest BCUT2D eigenvalue weighted by molar-refractivity contribution is 7.89. The highest BCUT2D eigenvalue weighted by Gasteiger charge is 2.21. The maximum absolute atomic E-state index is 12.1. The molecule has 25 heavy (non-hydrogen) atoms. The maximum Gasteiger partial charge on any atom is 0.338 e. The minimum absolute atomic E-state index is 0.000618. The van der Waals surface area contributed by atoms with E-state index in [9.17, 15) is 18.0 Å². The summed E-state index contributed by atoms with van der Waals surface area (Å²) in [5, 5.41) is 2.71. The van der Waals surface area contributed by atoms with Gasteiger partial charge in [-0.3, -0.25) is 4.79 Å². The summed E-state index contributed by atoms with van der Waals surface area (Å²) in [6.45, 7) is 5.31. The molecule has 8 nitrogen and oxygen atoms in total. The summed E-state index contributed by atoms with van der Waals surface area (Å²) in [5.41, 5.74) is -0.000618. The molecule has 0 aliphatic carbocycles. The van der Waals surface area contributed by atoms with Gasteiger partial charge in [-0.1, -0.05) is 13.8 Å². The Labute approximate surface area is 147 Å². The maximum atomic E-state index is 12.1. The van der Waals surface area contributed by atoms with Crippen LogP contribution >= 0.6 is 0 Å². The number of methoxy groups -OCH3 is 1. The van der Waals surface area contributed by atoms with E-state index in [2.05, 4.69) is 10.0 Å². The molecule has 0 bridgehead atoms. The number of hydrogen-bond acceptors (Lipinski definition) is 6. The Morgan fingerprint density at radius 1 is 1.20 bits per heavy atom. The van der Waals surface area contributed by atoms with Gasteiger partial charge in [-0.15, -0.1) is 0 Å². The van der Waals surface area contributed by atoms with Crippen LogP contribution in [-0.2, 0) is 19.6 Å². The number of carbonyl (C=O) groups is 2. The zero-order valence-corrected chi connectivity index (χ0v) is 15.8. The van der Waals surface area contributed by atoms with E-state index in [4.69, 9.17) is 9.47 Å². The molecule has 1 amide bonds. The largest absolute Gasteiger partial charge is 0.495 e. The quantitative estimate of drug-likeness (QED) is 0.657. The van der Waals surface area contributed by atoms with Crippen LogP contribution in [0.3, 0.4) is 0 Å². The molecule has 0 aliphatic rings. The number of esters is 1. The van der Waals surface area contributed by atoms with Gasteiger partial charge in [0.25, 0.3) is 5.91 Å². The van der Waals surface area contributed by atoms with Crippen molar-refractivity contribution in [3.63, 3.8) is 0 Å². The second-order valence-electron chi connectivity index (χ2n) is 5.75. The Morgan fingerprint density at radius 2 is 1.84 bits per heavy atom. The lowest BCUT2D eigenvalue weighted by atomic mass is 10.1. The molecule has 1 atom stereocenters. The summed E-state index contributed by atoms with van der Waals surface area (Å²) in [5.74, 6) is -0.890. The summed E-state index contributed by atoms with van der Waals surface area (Å²) in [6.07, 6.45) is 0. The molecule has 0 saturated heterocycles. The van der Waals surface area contributed by atoms with Crippen molar-refractivity contribution in [3.8, 4) is 5.75 Å². The molecule has 0 unspecified atom stereocenters. The van der Waals surface area contributed by atoms with Crippen molar-refractivity contribution in [1.29, 1.82) is 0 Å². The predicted molar refractivity (Wildman–Crippen MR) is 92.0 cm³/mol. The molecule has 140 valence electrons. The highest BCUT2D eigenvalue weighted by Crippen LogP contribution is 2.24. The Bertz CT molecular complexity index is 730. The molecule has 9 heteroatoms. The second kappa shape index (κ2) is 8.82. The molecule has 0 fully saturated rings. The minimum Gasteiger partial charge on any atom is -0.495 e. The standard InChI is InChI=1S/C16H24N2O6S/c1-10(2)11(3)18-15(19)9-24-16(20)12-6-7-13(23-5)14(8-12)25(21,22)17-4/h6-8,10-11,17H,9H2,1-5H3,(H,18,19)/t11-/m0/s1. The lowest BCUT2D eigenvalue weighted by molar-refractivity contribution is -0.125. The third-order valence-electron chi connectivity index (χ3n) is 3.68. The molecular weight excluding hydrogens is 348 g/mol. The molecule has 1 aromatic rings. The van der Waals surface area contributed by atoms with Crippen molar-refractivity contribution >= 4 is 21.9 Å². The van der Waals surface area contributed by atoms with Crippen molar-refractivity contribution < 1.29 is 27.5 Å². The van der Waals surface area contributed by atoms with Crippen LogP contribution in [0.15, 0.2) is 23.1 Å². The van der Waals surface area contributed by atoms with Crippen molar-refractivity contribution in [3.05, 3.63) is 23.8 Å². The van der Waals surface area contributed by atoms with Gasteiger partial charge in [-0.25, -0.2) is 17.9 Å². The zero-order chi connectivity index (χ0) is 19.2. The normalized spacial score (nSPS) is 12.6. The highest BCUT2D eigenvalue weighted by atomic mass is 32.2. The first kappa shape index (κ1) is 20.9. The first-order valence-electron chi connectivity index (χ1n) is 7.70. The van der Waals surface area contributed by atoms with Gasteiger partial charge < -0.3 is 14.8 Å². The Balaban J connectivity index is 2.86. The average Bonchev–Trinajstić information content (AvgIpc) is 2.58. The molecular formula is C16H24N2O6S. The third kappa shape index (κ3) is 5.71. The van der Waals surface area contributed by atoms with Crippen LogP contribution in [0.5, 0.6) is 5.75 Å². The monoisotopic (exact) mass is 372 g/mol. The number of sulfonamides is 1. The van der Waals surface area contributed by atoms with E-state index in [-0.39, 0.29) is 28.2 Å². The van der Waals surface area contributed by atoms with Gasteiger partial charge in [-0.05, 0) is 38.1 Å². The van der Waals surface area contributed by atoms with Crippen LogP contribution in [0.25, 0.3) is 0 Å². The van der Waals surface area contributed by atoms with Crippen molar-refractivity contribution in [2.24, 2.45) is 5.92 Å². The lowest BCUT2D eigenvalue weighted by Crippen LogP contribution is -2.38. The van der Waals surface area contributed by atoms with Crippen LogP contribution in [-0.4, -0.2) is 47.1 Å². The molecule has 0 saturated carbocycles. The fraction of sp³-hybridized carbons (Fsp3) is 0.500. The van der Waals surface area contributed by atoms with E-state index in [1.807, 2.05) is 20.8 Å². The van der Waals surface area contributed by atoms with Crippen LogP contribution in [0, 0.1) is 5.92 Å². The third-order valence-corrected chi connectivity index (χ3v) is 5.12. The smallest absolute Gasteiger partial charge is 0.338 e. The Hall–Kier alpha value is -2.13. The van der Waals surface area contributed by atoms with Gasteiger partial charge in [0.15, 0.2) is 6.61 Å². The lowest BCUT2D eigenvalue weighted by Gasteiger charge is -2.17. The van der Waals surface area contributed by atoms with E-state index in [0.29, 0.717) is 0 Å². The summed E-state index contributed by atoms with van der Waals surface area (Å²) in [6, 6.07) is 3.80. The van der Waals surface area contributed by atoms with Gasteiger partial charge in [-0.2, -0.15) is 0 Å². The van der Waals surface area contributed by atoms with E-state index < -0.39 is 28.5 Å². The summed E-state index contributed by atoms with van der Waals surface area (Å²) in [4.78, 5) is 23.6. The Kier molecular flexibility index (Phi) is 7.38. The number of ether oxygens (including phenoxy) is 2. The van der Waals surface area contributed by atoms with Gasteiger partial charge >= 0.3 is 5.97 Å². The average molecular weight is 372 g/mol. The number of amides is 1. The predicted octanol–water partition coefficient (Wildman–Crippen LogP) is 0.921. The van der Waals surface area contributed by atoms with Crippen LogP contribution < -0.4 is 14.8 Å². The van der Waals surface area contributed by atoms with E-state index >= 15 is 0 Å². The number of rotatable bonds is 8. The van der Waals surface area contributed by atoms with E-state index in [1.54, 1.807) is 0 Å². The van der Waals surface area contributed by atoms with Crippen LogP contribution in [0.2, 0.25) is 0 Å². The number of hydrogen-bond donors (Lipinski definition) is 2. The first-order valence-corrected chi connectivity index (χ1v) is 9.18. The minimum atomic E-state index is -3.82. The fourth-order valence-corrected chi connectivity index (χ4v) is 2.72. The molecule has 0 spiro atoms. The molecule has 0 aromatic heterocycles. The van der Waals surface area contributed by atoms with Gasteiger partial charge in [0.05, 0.1) is 12.7 Å². The zero-order valence-electron chi connectivity index (χ0n) is 15.0. The summed E-state index contributed by atoms with van der Waals surface area (Å²) < 4.78 is 36.1. The summed E-state index contributed by atoms with van der Waals surface area (Å²) >= 11 is 0. The molecule has 1 rings (SSSR count). The van der Waals surface area contributed by atoms with Gasteiger partial charge in [0.2, 0.25) is 10.0 Å². The first-order chi connectivity index (χ1) is 11.6. The Morgan fingerprint density at radius 3 is 2.36 bits per heavy atom. The topological polar surface area (TPSA) is 111 Å². The number of carbonyl (C=O) groups excluding carboxylic acids is 2.